The van der Waals surface area contributed by atoms with Crippen molar-refractivity contribution in [1.82, 2.24) is 5.32 Å². The zero-order valence-corrected chi connectivity index (χ0v) is 6.92. The normalized spacial score (nSPS) is 22.7. The molecule has 0 saturated heterocycles. The van der Waals surface area contributed by atoms with Crippen molar-refractivity contribution in [2.24, 2.45) is 0 Å². The third-order valence-electron chi connectivity index (χ3n) is 1.62. The van der Waals surface area contributed by atoms with Crippen molar-refractivity contribution in [3.05, 3.63) is 23.8 Å². The quantitative estimate of drug-likeness (QED) is 0.564. The fourth-order valence-corrected chi connectivity index (χ4v) is 1.16. The van der Waals surface area contributed by atoms with Crippen LogP contribution in [0.3, 0.4) is 0 Å². The second kappa shape index (κ2) is 3.37. The molecular formula is C9H13NO. The summed E-state index contributed by atoms with van der Waals surface area (Å²) >= 11 is 0. The predicted molar refractivity (Wildman–Crippen MR) is 45.1 cm³/mol. The van der Waals surface area contributed by atoms with Crippen LogP contribution >= 0.6 is 0 Å². The lowest BCUT2D eigenvalue weighted by Gasteiger charge is -2.13. The first-order valence-corrected chi connectivity index (χ1v) is 3.79. The molecule has 0 bridgehead atoms. The molecule has 1 N–H and O–H groups in total. The topological polar surface area (TPSA) is 29.1 Å². The maximum absolute atomic E-state index is 10.6. The number of carbonyl (C=O) groups excluding carboxylic acids is 1. The van der Waals surface area contributed by atoms with E-state index in [1.165, 1.54) is 12.5 Å². The van der Waals surface area contributed by atoms with E-state index in [0.29, 0.717) is 0 Å². The highest BCUT2D eigenvalue weighted by Gasteiger charge is 2.05. The Hall–Kier alpha value is -1.05. The Bertz CT molecular complexity index is 216. The minimum atomic E-state index is 0.0191. The lowest BCUT2D eigenvalue weighted by Crippen LogP contribution is -2.30. The predicted octanol–water partition coefficient (Wildman–Crippen LogP) is 1.40. The van der Waals surface area contributed by atoms with Crippen molar-refractivity contribution >= 4 is 5.91 Å². The molecule has 1 atom stereocenters. The molecule has 0 saturated carbocycles. The smallest absolute Gasteiger partial charge is 0.217 e. The highest BCUT2D eigenvalue weighted by molar-refractivity contribution is 5.73. The van der Waals surface area contributed by atoms with E-state index < -0.39 is 0 Å². The molecule has 1 unspecified atom stereocenters. The molecule has 0 spiro atoms. The molecule has 1 rings (SSSR count). The van der Waals surface area contributed by atoms with E-state index in [1.54, 1.807) is 0 Å². The molecular weight excluding hydrogens is 138 g/mol. The van der Waals surface area contributed by atoms with Gasteiger partial charge in [-0.15, -0.1) is 0 Å². The van der Waals surface area contributed by atoms with E-state index in [2.05, 4.69) is 24.4 Å². The molecule has 0 aromatic carbocycles. The summed E-state index contributed by atoms with van der Waals surface area (Å²) in [5.74, 6) is 0.0191. The second-order valence-corrected chi connectivity index (χ2v) is 2.87. The van der Waals surface area contributed by atoms with Crippen LogP contribution < -0.4 is 5.32 Å². The van der Waals surface area contributed by atoms with Gasteiger partial charge in [-0.1, -0.05) is 23.8 Å². The summed E-state index contributed by atoms with van der Waals surface area (Å²) in [7, 11) is 0. The minimum absolute atomic E-state index is 0.0191. The molecule has 1 aliphatic rings. The molecule has 0 aliphatic heterocycles. The van der Waals surface area contributed by atoms with E-state index in [0.717, 1.165) is 6.42 Å². The summed E-state index contributed by atoms with van der Waals surface area (Å²) in [6.07, 6.45) is 7.17. The number of nitrogens with one attached hydrogen (secondary N) is 1. The third kappa shape index (κ3) is 2.58. The number of hydrogen-bond donors (Lipinski definition) is 1. The Morgan fingerprint density at radius 2 is 2.45 bits per heavy atom. The first-order valence-electron chi connectivity index (χ1n) is 3.79. The standard InChI is InChI=1S/C9H13NO/c1-7-4-3-5-9(6-7)10-8(2)11/h3,5-6,9H,4H2,1-2H3,(H,10,11). The molecule has 11 heavy (non-hydrogen) atoms. The largest absolute Gasteiger partial charge is 0.347 e. The molecule has 2 nitrogen and oxygen atoms in total. The SMILES string of the molecule is CC(=O)NC1C=CCC(C)=C1. The second-order valence-electron chi connectivity index (χ2n) is 2.87. The summed E-state index contributed by atoms with van der Waals surface area (Å²) in [4.78, 5) is 10.6. The van der Waals surface area contributed by atoms with Gasteiger partial charge in [0.05, 0.1) is 6.04 Å². The maximum Gasteiger partial charge on any atom is 0.217 e. The Kier molecular flexibility index (Phi) is 2.47. The Balaban J connectivity index is 2.52. The van der Waals surface area contributed by atoms with Crippen molar-refractivity contribution in [3.8, 4) is 0 Å². The van der Waals surface area contributed by atoms with E-state index in [4.69, 9.17) is 0 Å². The first kappa shape index (κ1) is 8.05. The molecule has 0 radical (unpaired) electrons. The summed E-state index contributed by atoms with van der Waals surface area (Å²) < 4.78 is 0. The van der Waals surface area contributed by atoms with Crippen molar-refractivity contribution in [3.63, 3.8) is 0 Å². The van der Waals surface area contributed by atoms with Crippen molar-refractivity contribution in [2.75, 3.05) is 0 Å². The minimum Gasteiger partial charge on any atom is -0.347 e. The fourth-order valence-electron chi connectivity index (χ4n) is 1.16. The van der Waals surface area contributed by atoms with Crippen LogP contribution in [0.25, 0.3) is 0 Å². The van der Waals surface area contributed by atoms with Crippen LogP contribution in [-0.2, 0) is 4.79 Å². The molecule has 2 heteroatoms. The fraction of sp³-hybridized carbons (Fsp3) is 0.444. The van der Waals surface area contributed by atoms with Gasteiger partial charge in [0.25, 0.3) is 0 Å². The summed E-state index contributed by atoms with van der Waals surface area (Å²) in [5.41, 5.74) is 1.31. The third-order valence-corrected chi connectivity index (χ3v) is 1.62. The number of amides is 1. The summed E-state index contributed by atoms with van der Waals surface area (Å²) in [6.45, 7) is 3.60. The highest BCUT2D eigenvalue weighted by atomic mass is 16.1. The first-order chi connectivity index (χ1) is 5.18. The van der Waals surface area contributed by atoms with Crippen molar-refractivity contribution in [2.45, 2.75) is 26.3 Å². The van der Waals surface area contributed by atoms with Gasteiger partial charge in [-0.05, 0) is 13.3 Å². The molecule has 0 fully saturated rings. The van der Waals surface area contributed by atoms with Crippen LogP contribution in [0.5, 0.6) is 0 Å². The number of rotatable bonds is 1. The van der Waals surface area contributed by atoms with E-state index in [9.17, 15) is 4.79 Å². The zero-order chi connectivity index (χ0) is 8.27. The summed E-state index contributed by atoms with van der Waals surface area (Å²) in [5, 5.41) is 2.81. The van der Waals surface area contributed by atoms with Gasteiger partial charge in [-0.3, -0.25) is 4.79 Å². The monoisotopic (exact) mass is 151 g/mol. The van der Waals surface area contributed by atoms with Crippen molar-refractivity contribution < 1.29 is 4.79 Å². The molecule has 60 valence electrons. The van der Waals surface area contributed by atoms with Crippen LogP contribution in [0.4, 0.5) is 0 Å². The Morgan fingerprint density at radius 1 is 1.73 bits per heavy atom. The van der Waals surface area contributed by atoms with Gasteiger partial charge in [0, 0.05) is 6.92 Å². The Morgan fingerprint density at radius 3 is 3.00 bits per heavy atom. The molecule has 0 aromatic heterocycles. The Labute approximate surface area is 67.0 Å². The molecule has 0 heterocycles. The van der Waals surface area contributed by atoms with E-state index >= 15 is 0 Å². The average molecular weight is 151 g/mol. The lowest BCUT2D eigenvalue weighted by atomic mass is 10.0. The van der Waals surface area contributed by atoms with Crippen molar-refractivity contribution in [1.29, 1.82) is 0 Å². The average Bonchev–Trinajstić information content (AvgIpc) is 1.85. The number of carbonyl (C=O) groups is 1. The number of allylic oxidation sites excluding steroid dienone is 2. The van der Waals surface area contributed by atoms with Gasteiger partial charge in [-0.25, -0.2) is 0 Å². The maximum atomic E-state index is 10.6. The molecule has 1 aliphatic carbocycles. The summed E-state index contributed by atoms with van der Waals surface area (Å²) in [6, 6.07) is 0.112. The van der Waals surface area contributed by atoms with Gasteiger partial charge < -0.3 is 5.32 Å². The van der Waals surface area contributed by atoms with Crippen LogP contribution in [-0.4, -0.2) is 11.9 Å². The molecule has 1 amide bonds. The van der Waals surface area contributed by atoms with Gasteiger partial charge in [-0.2, -0.15) is 0 Å². The lowest BCUT2D eigenvalue weighted by molar-refractivity contribution is -0.119. The van der Waals surface area contributed by atoms with Gasteiger partial charge >= 0.3 is 0 Å². The van der Waals surface area contributed by atoms with Crippen LogP contribution in [0, 0.1) is 0 Å². The van der Waals surface area contributed by atoms with E-state index in [-0.39, 0.29) is 11.9 Å². The zero-order valence-electron chi connectivity index (χ0n) is 6.92. The highest BCUT2D eigenvalue weighted by Crippen LogP contribution is 2.09. The van der Waals surface area contributed by atoms with E-state index in [1.807, 2.05) is 6.08 Å². The van der Waals surface area contributed by atoms with Crippen LogP contribution in [0.1, 0.15) is 20.3 Å². The number of hydrogen-bond acceptors (Lipinski definition) is 1. The molecule has 0 aromatic rings. The van der Waals surface area contributed by atoms with Crippen LogP contribution in [0.15, 0.2) is 23.8 Å². The van der Waals surface area contributed by atoms with Gasteiger partial charge in [0.2, 0.25) is 5.91 Å². The van der Waals surface area contributed by atoms with Gasteiger partial charge in [0.1, 0.15) is 0 Å². The van der Waals surface area contributed by atoms with Crippen LogP contribution in [0.2, 0.25) is 0 Å². The van der Waals surface area contributed by atoms with Gasteiger partial charge in [0.15, 0.2) is 0 Å².